The molecule has 2 atom stereocenters. The molecule has 1 aliphatic carbocycles. The van der Waals surface area contributed by atoms with Crippen molar-refractivity contribution in [2.75, 3.05) is 0 Å². The van der Waals surface area contributed by atoms with Crippen molar-refractivity contribution in [1.82, 2.24) is 0 Å². The van der Waals surface area contributed by atoms with Crippen LogP contribution in [0, 0.1) is 11.3 Å². The molecule has 0 heterocycles. The maximum atomic E-state index is 10.6. The lowest BCUT2D eigenvalue weighted by molar-refractivity contribution is -0.140. The molecule has 3 N–H and O–H groups in total. The first-order valence-electron chi connectivity index (χ1n) is 3.81. The van der Waals surface area contributed by atoms with E-state index < -0.39 is 11.5 Å². The second-order valence-electron chi connectivity index (χ2n) is 4.47. The molecule has 2 unspecified atom stereocenters. The van der Waals surface area contributed by atoms with E-state index in [9.17, 15) is 4.79 Å². The molecule has 0 saturated heterocycles. The minimum Gasteiger partial charge on any atom is -0.480 e. The lowest BCUT2D eigenvalue weighted by Gasteiger charge is -2.19. The van der Waals surface area contributed by atoms with Crippen LogP contribution in [0.4, 0.5) is 0 Å². The third kappa shape index (κ3) is 1.25. The van der Waals surface area contributed by atoms with Gasteiger partial charge in [0.15, 0.2) is 0 Å². The Morgan fingerprint density at radius 3 is 2.18 bits per heavy atom. The molecule has 1 saturated carbocycles. The van der Waals surface area contributed by atoms with E-state index >= 15 is 0 Å². The molecule has 11 heavy (non-hydrogen) atoms. The van der Waals surface area contributed by atoms with Gasteiger partial charge >= 0.3 is 5.97 Å². The number of carboxylic acids is 1. The van der Waals surface area contributed by atoms with Crippen molar-refractivity contribution in [1.29, 1.82) is 0 Å². The van der Waals surface area contributed by atoms with Crippen molar-refractivity contribution in [3.05, 3.63) is 0 Å². The van der Waals surface area contributed by atoms with Gasteiger partial charge in [-0.2, -0.15) is 0 Å². The summed E-state index contributed by atoms with van der Waals surface area (Å²) in [6.07, 6.45) is 0.617. The van der Waals surface area contributed by atoms with Gasteiger partial charge in [-0.05, 0) is 17.8 Å². The second kappa shape index (κ2) is 1.97. The fourth-order valence-corrected chi connectivity index (χ4v) is 1.59. The minimum atomic E-state index is -0.932. The molecule has 0 spiro atoms. The van der Waals surface area contributed by atoms with E-state index in [0.717, 1.165) is 0 Å². The van der Waals surface area contributed by atoms with Crippen LogP contribution in [0.5, 0.6) is 0 Å². The molecule has 0 aromatic carbocycles. The van der Waals surface area contributed by atoms with E-state index in [1.807, 2.05) is 20.8 Å². The molecule has 1 rings (SSSR count). The smallest absolute Gasteiger partial charge is 0.323 e. The number of rotatable bonds is 1. The zero-order chi connectivity index (χ0) is 8.86. The van der Waals surface area contributed by atoms with Gasteiger partial charge in [0.05, 0.1) is 0 Å². The predicted octanol–water partition coefficient (Wildman–Crippen LogP) is 0.834. The van der Waals surface area contributed by atoms with Crippen LogP contribution in [0.2, 0.25) is 0 Å². The molecule has 1 aliphatic rings. The van der Waals surface area contributed by atoms with E-state index in [2.05, 4.69) is 0 Å². The van der Waals surface area contributed by atoms with Crippen molar-refractivity contribution in [2.24, 2.45) is 17.1 Å². The summed E-state index contributed by atoms with van der Waals surface area (Å²) >= 11 is 0. The highest BCUT2D eigenvalue weighted by Gasteiger charge is 2.61. The van der Waals surface area contributed by atoms with Gasteiger partial charge in [0.1, 0.15) is 5.54 Å². The number of carboxylic acid groups (broad SMARTS) is 1. The van der Waals surface area contributed by atoms with E-state index in [0.29, 0.717) is 6.42 Å². The SMILES string of the molecule is CC(C)(C)C1CC1(N)C(=O)O. The molecule has 0 bridgehead atoms. The van der Waals surface area contributed by atoms with Crippen LogP contribution in [0.3, 0.4) is 0 Å². The molecule has 3 nitrogen and oxygen atoms in total. The van der Waals surface area contributed by atoms with Crippen LogP contribution in [-0.2, 0) is 4.79 Å². The van der Waals surface area contributed by atoms with Gasteiger partial charge in [-0.15, -0.1) is 0 Å². The van der Waals surface area contributed by atoms with Gasteiger partial charge in [0.2, 0.25) is 0 Å². The van der Waals surface area contributed by atoms with Crippen LogP contribution in [0.25, 0.3) is 0 Å². The minimum absolute atomic E-state index is 0.0210. The molecular weight excluding hydrogens is 142 g/mol. The first-order valence-corrected chi connectivity index (χ1v) is 3.81. The standard InChI is InChI=1S/C8H15NO2/c1-7(2,3)5-4-8(5,9)6(10)11/h5H,4,9H2,1-3H3,(H,10,11). The van der Waals surface area contributed by atoms with Crippen molar-refractivity contribution in [3.8, 4) is 0 Å². The highest BCUT2D eigenvalue weighted by Crippen LogP contribution is 2.52. The first-order chi connectivity index (χ1) is 4.78. The Bertz CT molecular complexity index is 195. The zero-order valence-corrected chi connectivity index (χ0v) is 7.22. The van der Waals surface area contributed by atoms with E-state index in [4.69, 9.17) is 10.8 Å². The maximum absolute atomic E-state index is 10.6. The summed E-state index contributed by atoms with van der Waals surface area (Å²) in [6, 6.07) is 0. The number of hydrogen-bond acceptors (Lipinski definition) is 2. The molecule has 0 aromatic rings. The van der Waals surface area contributed by atoms with Crippen LogP contribution in [0.1, 0.15) is 27.2 Å². The Kier molecular flexibility index (Phi) is 1.53. The fourth-order valence-electron chi connectivity index (χ4n) is 1.59. The molecule has 1 fully saturated rings. The molecular formula is C8H15NO2. The topological polar surface area (TPSA) is 63.3 Å². The third-order valence-electron chi connectivity index (χ3n) is 2.45. The molecule has 0 aromatic heterocycles. The van der Waals surface area contributed by atoms with Gasteiger partial charge in [-0.1, -0.05) is 20.8 Å². The molecule has 64 valence electrons. The van der Waals surface area contributed by atoms with Crippen molar-refractivity contribution >= 4 is 5.97 Å². The quantitative estimate of drug-likeness (QED) is 0.592. The molecule has 0 radical (unpaired) electrons. The zero-order valence-electron chi connectivity index (χ0n) is 7.22. The monoisotopic (exact) mass is 157 g/mol. The molecule has 0 aliphatic heterocycles. The summed E-state index contributed by atoms with van der Waals surface area (Å²) in [5.74, 6) is -0.732. The van der Waals surface area contributed by atoms with Crippen LogP contribution < -0.4 is 5.73 Å². The fraction of sp³-hybridized carbons (Fsp3) is 0.875. The number of carbonyl (C=O) groups is 1. The third-order valence-corrected chi connectivity index (χ3v) is 2.45. The lowest BCUT2D eigenvalue weighted by atomic mass is 9.87. The van der Waals surface area contributed by atoms with E-state index in [-0.39, 0.29) is 11.3 Å². The van der Waals surface area contributed by atoms with Crippen molar-refractivity contribution in [3.63, 3.8) is 0 Å². The van der Waals surface area contributed by atoms with Crippen molar-refractivity contribution in [2.45, 2.75) is 32.7 Å². The van der Waals surface area contributed by atoms with Crippen LogP contribution in [-0.4, -0.2) is 16.6 Å². The van der Waals surface area contributed by atoms with Crippen LogP contribution >= 0.6 is 0 Å². The number of nitrogens with two attached hydrogens (primary N) is 1. The predicted molar refractivity (Wildman–Crippen MR) is 42.1 cm³/mol. The molecule has 3 heteroatoms. The van der Waals surface area contributed by atoms with Gasteiger partial charge in [0, 0.05) is 0 Å². The summed E-state index contributed by atoms with van der Waals surface area (Å²) in [5.41, 5.74) is 4.71. The largest absolute Gasteiger partial charge is 0.480 e. The summed E-state index contributed by atoms with van der Waals surface area (Å²) in [7, 11) is 0. The number of aliphatic carboxylic acids is 1. The Balaban J connectivity index is 2.68. The highest BCUT2D eigenvalue weighted by atomic mass is 16.4. The Morgan fingerprint density at radius 2 is 2.09 bits per heavy atom. The van der Waals surface area contributed by atoms with E-state index in [1.54, 1.807) is 0 Å². The average molecular weight is 157 g/mol. The molecule has 0 amide bonds. The Hall–Kier alpha value is -0.570. The lowest BCUT2D eigenvalue weighted by Crippen LogP contribution is -2.38. The summed E-state index contributed by atoms with van der Waals surface area (Å²) < 4.78 is 0. The van der Waals surface area contributed by atoms with Crippen molar-refractivity contribution < 1.29 is 9.90 Å². The summed E-state index contributed by atoms with van der Waals surface area (Å²) in [4.78, 5) is 10.6. The average Bonchev–Trinajstić information content (AvgIpc) is 2.41. The Morgan fingerprint density at radius 1 is 1.64 bits per heavy atom. The van der Waals surface area contributed by atoms with Crippen LogP contribution in [0.15, 0.2) is 0 Å². The van der Waals surface area contributed by atoms with Gasteiger partial charge < -0.3 is 10.8 Å². The Labute approximate surface area is 66.6 Å². The number of hydrogen-bond donors (Lipinski definition) is 2. The highest BCUT2D eigenvalue weighted by molar-refractivity contribution is 5.83. The summed E-state index contributed by atoms with van der Waals surface area (Å²) in [5, 5.41) is 8.72. The normalized spacial score (nSPS) is 36.9. The van der Waals surface area contributed by atoms with E-state index in [1.165, 1.54) is 0 Å². The first kappa shape index (κ1) is 8.53. The van der Waals surface area contributed by atoms with Gasteiger partial charge in [0.25, 0.3) is 0 Å². The van der Waals surface area contributed by atoms with Gasteiger partial charge in [-0.25, -0.2) is 0 Å². The summed E-state index contributed by atoms with van der Waals surface area (Å²) in [6.45, 7) is 6.07. The maximum Gasteiger partial charge on any atom is 0.323 e. The second-order valence-corrected chi connectivity index (χ2v) is 4.47. The van der Waals surface area contributed by atoms with Gasteiger partial charge in [-0.3, -0.25) is 4.79 Å².